The molecule has 0 amide bonds. The lowest BCUT2D eigenvalue weighted by Gasteiger charge is -2.08. The van der Waals surface area contributed by atoms with Crippen molar-refractivity contribution in [2.24, 2.45) is 0 Å². The van der Waals surface area contributed by atoms with Crippen LogP contribution in [0.2, 0.25) is 0 Å². The van der Waals surface area contributed by atoms with Crippen molar-refractivity contribution >= 4 is 20.7 Å². The van der Waals surface area contributed by atoms with Crippen LogP contribution in [-0.4, -0.2) is 27.1 Å². The zero-order valence-corrected chi connectivity index (χ0v) is 14.6. The van der Waals surface area contributed by atoms with E-state index in [0.29, 0.717) is 23.6 Å². The Morgan fingerprint density at radius 3 is 2.36 bits per heavy atom. The van der Waals surface area contributed by atoms with Crippen molar-refractivity contribution in [1.82, 2.24) is 4.98 Å². The van der Waals surface area contributed by atoms with E-state index in [0.717, 1.165) is 0 Å². The van der Waals surface area contributed by atoms with Crippen molar-refractivity contribution in [2.75, 3.05) is 13.7 Å². The minimum absolute atomic E-state index is 0.0312. The third-order valence-corrected chi connectivity index (χ3v) is 5.56. The van der Waals surface area contributed by atoms with E-state index >= 15 is 0 Å². The third kappa shape index (κ3) is 3.10. The fraction of sp³-hybridized carbons (Fsp3) is 0.167. The minimum Gasteiger partial charge on any atom is -0.497 e. The summed E-state index contributed by atoms with van der Waals surface area (Å²) in [6, 6.07) is 10.9. The van der Waals surface area contributed by atoms with E-state index in [9.17, 15) is 13.2 Å². The first-order valence-corrected chi connectivity index (χ1v) is 9.13. The van der Waals surface area contributed by atoms with Crippen LogP contribution in [0.15, 0.2) is 63.2 Å². The Morgan fingerprint density at radius 2 is 1.72 bits per heavy atom. The molecule has 0 unspecified atom stereocenters. The van der Waals surface area contributed by atoms with Gasteiger partial charge in [0.2, 0.25) is 15.3 Å². The second-order valence-electron chi connectivity index (χ2n) is 5.30. The Kier molecular flexibility index (Phi) is 4.50. The predicted octanol–water partition coefficient (Wildman–Crippen LogP) is 2.77. The maximum Gasteiger partial charge on any atom is 0.211 e. The van der Waals surface area contributed by atoms with Gasteiger partial charge in [0.25, 0.3) is 0 Å². The zero-order valence-electron chi connectivity index (χ0n) is 13.8. The Morgan fingerprint density at radius 1 is 1.04 bits per heavy atom. The molecule has 7 heteroatoms. The summed E-state index contributed by atoms with van der Waals surface area (Å²) in [5, 5.41) is 0.256. The summed E-state index contributed by atoms with van der Waals surface area (Å²) in [5.41, 5.74) is -0.0296. The third-order valence-electron chi connectivity index (χ3n) is 3.79. The number of nitrogens with one attached hydrogen (secondary N) is 1. The number of aromatic nitrogens is 1. The largest absolute Gasteiger partial charge is 0.497 e. The van der Waals surface area contributed by atoms with E-state index < -0.39 is 15.3 Å². The second-order valence-corrected chi connectivity index (χ2v) is 7.22. The highest BCUT2D eigenvalue weighted by molar-refractivity contribution is 7.91. The van der Waals surface area contributed by atoms with Crippen LogP contribution in [0.1, 0.15) is 6.92 Å². The van der Waals surface area contributed by atoms with E-state index in [-0.39, 0.29) is 15.2 Å². The van der Waals surface area contributed by atoms with Gasteiger partial charge in [-0.05, 0) is 49.4 Å². The molecule has 1 N–H and O–H groups in total. The molecule has 0 fully saturated rings. The molecule has 0 aliphatic carbocycles. The molecule has 1 heterocycles. The number of rotatable bonds is 5. The first-order valence-electron chi connectivity index (χ1n) is 7.64. The quantitative estimate of drug-likeness (QED) is 0.757. The number of hydrogen-bond donors (Lipinski definition) is 1. The number of sulfone groups is 1. The molecule has 0 spiro atoms. The Balaban J connectivity index is 2.13. The van der Waals surface area contributed by atoms with Crippen LogP contribution in [0, 0.1) is 0 Å². The maximum atomic E-state index is 12.8. The van der Waals surface area contributed by atoms with Gasteiger partial charge in [-0.25, -0.2) is 8.42 Å². The highest BCUT2D eigenvalue weighted by Crippen LogP contribution is 2.23. The van der Waals surface area contributed by atoms with Crippen molar-refractivity contribution < 1.29 is 17.9 Å². The van der Waals surface area contributed by atoms with Crippen molar-refractivity contribution in [2.45, 2.75) is 16.7 Å². The average molecular weight is 359 g/mol. The number of H-pyrrole nitrogens is 1. The fourth-order valence-corrected chi connectivity index (χ4v) is 3.83. The van der Waals surface area contributed by atoms with Gasteiger partial charge in [-0.2, -0.15) is 0 Å². The van der Waals surface area contributed by atoms with Gasteiger partial charge in [-0.15, -0.1) is 0 Å². The van der Waals surface area contributed by atoms with Gasteiger partial charge in [0, 0.05) is 11.7 Å². The highest BCUT2D eigenvalue weighted by Gasteiger charge is 2.22. The van der Waals surface area contributed by atoms with Crippen LogP contribution in [-0.2, 0) is 9.84 Å². The number of fused-ring (bicyclic) bond motifs is 1. The molecular formula is C18H17NO5S. The summed E-state index contributed by atoms with van der Waals surface area (Å²) in [4.78, 5) is 15.3. The Bertz CT molecular complexity index is 1070. The summed E-state index contributed by atoms with van der Waals surface area (Å²) >= 11 is 0. The van der Waals surface area contributed by atoms with Crippen LogP contribution in [0.4, 0.5) is 0 Å². The lowest BCUT2D eigenvalue weighted by atomic mass is 10.2. The molecule has 0 bridgehead atoms. The number of hydrogen-bond acceptors (Lipinski definition) is 5. The van der Waals surface area contributed by atoms with Gasteiger partial charge in [0.1, 0.15) is 16.4 Å². The smallest absolute Gasteiger partial charge is 0.211 e. The standard InChI is InChI=1S/C18H17NO5S/c1-3-24-12-4-7-14(8-5-12)25(21,22)17-11-19-16-9-6-13(23-2)10-15(16)18(17)20/h4-11H,3H2,1-2H3,(H,19,20). The van der Waals surface area contributed by atoms with Crippen LogP contribution < -0.4 is 14.9 Å². The lowest BCUT2D eigenvalue weighted by Crippen LogP contribution is -2.16. The van der Waals surface area contributed by atoms with Crippen LogP contribution in [0.3, 0.4) is 0 Å². The molecule has 6 nitrogen and oxygen atoms in total. The molecule has 0 radical (unpaired) electrons. The van der Waals surface area contributed by atoms with E-state index in [1.54, 1.807) is 24.3 Å². The van der Waals surface area contributed by atoms with Crippen LogP contribution >= 0.6 is 0 Å². The number of pyridine rings is 1. The van der Waals surface area contributed by atoms with Crippen LogP contribution in [0.5, 0.6) is 11.5 Å². The van der Waals surface area contributed by atoms with Gasteiger partial charge in [-0.1, -0.05) is 0 Å². The summed E-state index contributed by atoms with van der Waals surface area (Å²) in [6.07, 6.45) is 1.23. The molecule has 3 rings (SSSR count). The molecule has 0 saturated heterocycles. The SMILES string of the molecule is CCOc1ccc(S(=O)(=O)c2c[nH]c3ccc(OC)cc3c2=O)cc1. The number of ether oxygens (including phenoxy) is 2. The van der Waals surface area contributed by atoms with Gasteiger partial charge >= 0.3 is 0 Å². The molecule has 2 aromatic carbocycles. The molecule has 130 valence electrons. The molecule has 0 atom stereocenters. The summed E-state index contributed by atoms with van der Waals surface area (Å²) in [6.45, 7) is 2.33. The van der Waals surface area contributed by atoms with E-state index in [2.05, 4.69) is 4.98 Å². The summed E-state index contributed by atoms with van der Waals surface area (Å²) in [5.74, 6) is 1.05. The fourth-order valence-electron chi connectivity index (χ4n) is 2.51. The molecule has 3 aromatic rings. The normalized spacial score (nSPS) is 11.4. The van der Waals surface area contributed by atoms with Crippen molar-refractivity contribution in [1.29, 1.82) is 0 Å². The Hall–Kier alpha value is -2.80. The van der Waals surface area contributed by atoms with E-state index in [1.807, 2.05) is 6.92 Å². The first kappa shape index (κ1) is 17.0. The summed E-state index contributed by atoms with van der Waals surface area (Å²) < 4.78 is 36.1. The van der Waals surface area contributed by atoms with Gasteiger partial charge in [0.15, 0.2) is 0 Å². The molecule has 25 heavy (non-hydrogen) atoms. The highest BCUT2D eigenvalue weighted by atomic mass is 32.2. The monoisotopic (exact) mass is 359 g/mol. The zero-order chi connectivity index (χ0) is 18.0. The number of benzene rings is 2. The van der Waals surface area contributed by atoms with Gasteiger partial charge in [0.05, 0.1) is 24.0 Å². The number of aromatic amines is 1. The summed E-state index contributed by atoms with van der Waals surface area (Å²) in [7, 11) is -2.47. The Labute approximate surface area is 144 Å². The van der Waals surface area contributed by atoms with Crippen molar-refractivity contribution in [3.05, 3.63) is 58.9 Å². The number of methoxy groups -OCH3 is 1. The maximum absolute atomic E-state index is 12.8. The van der Waals surface area contributed by atoms with Crippen LogP contribution in [0.25, 0.3) is 10.9 Å². The molecule has 0 saturated carbocycles. The lowest BCUT2D eigenvalue weighted by molar-refractivity contribution is 0.340. The predicted molar refractivity (Wildman–Crippen MR) is 94.2 cm³/mol. The second kappa shape index (κ2) is 6.60. The average Bonchev–Trinajstić information content (AvgIpc) is 2.62. The van der Waals surface area contributed by atoms with Gasteiger partial charge in [-0.3, -0.25) is 4.79 Å². The van der Waals surface area contributed by atoms with Gasteiger partial charge < -0.3 is 14.5 Å². The molecular weight excluding hydrogens is 342 g/mol. The van der Waals surface area contributed by atoms with Crippen molar-refractivity contribution in [3.63, 3.8) is 0 Å². The molecule has 0 aliphatic heterocycles. The van der Waals surface area contributed by atoms with E-state index in [4.69, 9.17) is 9.47 Å². The molecule has 1 aromatic heterocycles. The van der Waals surface area contributed by atoms with Crippen molar-refractivity contribution in [3.8, 4) is 11.5 Å². The molecule has 0 aliphatic rings. The van der Waals surface area contributed by atoms with E-state index in [1.165, 1.54) is 31.5 Å². The minimum atomic E-state index is -3.95. The first-order chi connectivity index (χ1) is 12.0. The topological polar surface area (TPSA) is 85.5 Å².